The van der Waals surface area contributed by atoms with Crippen molar-refractivity contribution in [3.8, 4) is 0 Å². The van der Waals surface area contributed by atoms with Gasteiger partial charge in [-0.2, -0.15) is 0 Å². The van der Waals surface area contributed by atoms with Gasteiger partial charge in [0.25, 0.3) is 0 Å². The highest BCUT2D eigenvalue weighted by Gasteiger charge is 2.13. The van der Waals surface area contributed by atoms with Gasteiger partial charge in [-0.15, -0.1) is 0 Å². The Kier molecular flexibility index (Phi) is 18.7. The smallest absolute Gasteiger partial charge is 0.241 e. The van der Waals surface area contributed by atoms with E-state index in [-0.39, 0.29) is 24.0 Å². The number of hydrogen-bond donors (Lipinski definition) is 1. The van der Waals surface area contributed by atoms with Crippen LogP contribution in [-0.2, 0) is 0 Å². The van der Waals surface area contributed by atoms with Gasteiger partial charge in [-0.3, -0.25) is 4.98 Å². The molecule has 0 spiro atoms. The predicted molar refractivity (Wildman–Crippen MR) is 105 cm³/mol. The molecular formula is C22H43IN2. The summed E-state index contributed by atoms with van der Waals surface area (Å²) in [5.41, 5.74) is 0. The summed E-state index contributed by atoms with van der Waals surface area (Å²) in [6, 6.07) is 0.703. The first-order valence-electron chi connectivity index (χ1n) is 10.9. The van der Waals surface area contributed by atoms with Crippen molar-refractivity contribution >= 4 is 0 Å². The van der Waals surface area contributed by atoms with Gasteiger partial charge in [0.2, 0.25) is 6.33 Å². The lowest BCUT2D eigenvalue weighted by Gasteiger charge is -2.12. The lowest BCUT2D eigenvalue weighted by atomic mass is 10.0. The van der Waals surface area contributed by atoms with E-state index >= 15 is 0 Å². The minimum absolute atomic E-state index is 0. The molecule has 3 heteroatoms. The minimum atomic E-state index is 0. The number of nitrogens with one attached hydrogen (secondary N) is 1. The minimum Gasteiger partial charge on any atom is -1.00 e. The van der Waals surface area contributed by atoms with Gasteiger partial charge >= 0.3 is 0 Å². The van der Waals surface area contributed by atoms with Crippen LogP contribution in [0, 0.1) is 0 Å². The Morgan fingerprint density at radius 2 is 1.20 bits per heavy atom. The average Bonchev–Trinajstić information content (AvgIpc) is 3.12. The van der Waals surface area contributed by atoms with Crippen molar-refractivity contribution < 1.29 is 28.5 Å². The van der Waals surface area contributed by atoms with Crippen LogP contribution in [0.2, 0.25) is 0 Å². The highest BCUT2D eigenvalue weighted by Crippen LogP contribution is 2.17. The van der Waals surface area contributed by atoms with Crippen LogP contribution in [0.5, 0.6) is 0 Å². The molecule has 148 valence electrons. The Balaban J connectivity index is 0.00000576. The number of aromatic nitrogens is 2. The molecule has 0 radical (unpaired) electrons. The SMILES string of the molecule is CCCCCCCCCCCCCCCC(CCC)[n+]1cc[nH]c1.[I-]. The second-order valence-corrected chi connectivity index (χ2v) is 7.53. The van der Waals surface area contributed by atoms with E-state index in [1.807, 2.05) is 6.20 Å². The molecule has 0 aliphatic rings. The fourth-order valence-electron chi connectivity index (χ4n) is 3.70. The van der Waals surface area contributed by atoms with E-state index in [1.54, 1.807) is 0 Å². The van der Waals surface area contributed by atoms with Crippen LogP contribution in [0.3, 0.4) is 0 Å². The van der Waals surface area contributed by atoms with Crippen molar-refractivity contribution in [1.82, 2.24) is 4.98 Å². The van der Waals surface area contributed by atoms with Crippen LogP contribution < -0.4 is 28.5 Å². The van der Waals surface area contributed by atoms with Crippen molar-refractivity contribution in [2.75, 3.05) is 0 Å². The highest BCUT2D eigenvalue weighted by molar-refractivity contribution is 4.61. The number of nitrogens with zero attached hydrogens (tertiary/aromatic N) is 1. The lowest BCUT2D eigenvalue weighted by Crippen LogP contribution is -3.00. The monoisotopic (exact) mass is 462 g/mol. The lowest BCUT2D eigenvalue weighted by molar-refractivity contribution is -0.723. The number of aromatic amines is 1. The van der Waals surface area contributed by atoms with Gasteiger partial charge in [0, 0.05) is 0 Å². The molecule has 0 bridgehead atoms. The molecule has 0 amide bonds. The van der Waals surface area contributed by atoms with Gasteiger partial charge in [0.15, 0.2) is 0 Å². The van der Waals surface area contributed by atoms with Gasteiger partial charge < -0.3 is 24.0 Å². The molecule has 0 fully saturated rings. The maximum Gasteiger partial charge on any atom is 0.241 e. The third kappa shape index (κ3) is 13.8. The van der Waals surface area contributed by atoms with Crippen molar-refractivity contribution in [2.24, 2.45) is 0 Å². The second kappa shape index (κ2) is 18.7. The van der Waals surface area contributed by atoms with Gasteiger partial charge in [-0.05, 0) is 19.3 Å². The number of imidazole rings is 1. The first-order valence-corrected chi connectivity index (χ1v) is 10.9. The first-order chi connectivity index (χ1) is 11.9. The molecule has 1 heterocycles. The molecule has 1 atom stereocenters. The molecule has 25 heavy (non-hydrogen) atoms. The van der Waals surface area contributed by atoms with Crippen LogP contribution in [0.25, 0.3) is 0 Å². The average molecular weight is 463 g/mol. The van der Waals surface area contributed by atoms with Crippen LogP contribution >= 0.6 is 0 Å². The van der Waals surface area contributed by atoms with Crippen LogP contribution in [0.4, 0.5) is 0 Å². The normalized spacial score (nSPS) is 12.1. The Labute approximate surface area is 174 Å². The second-order valence-electron chi connectivity index (χ2n) is 7.53. The van der Waals surface area contributed by atoms with Gasteiger partial charge in [0.1, 0.15) is 18.4 Å². The van der Waals surface area contributed by atoms with E-state index in [0.717, 1.165) is 0 Å². The van der Waals surface area contributed by atoms with Gasteiger partial charge in [0.05, 0.1) is 0 Å². The van der Waals surface area contributed by atoms with E-state index in [4.69, 9.17) is 0 Å². The van der Waals surface area contributed by atoms with E-state index in [2.05, 4.69) is 35.9 Å². The molecule has 1 aromatic heterocycles. The maximum absolute atomic E-state index is 3.18. The fourth-order valence-corrected chi connectivity index (χ4v) is 3.70. The summed E-state index contributed by atoms with van der Waals surface area (Å²) in [5.74, 6) is 0. The number of H-pyrrole nitrogens is 1. The quantitative estimate of drug-likeness (QED) is 0.204. The summed E-state index contributed by atoms with van der Waals surface area (Å²) in [5, 5.41) is 0. The molecule has 0 aliphatic heterocycles. The molecule has 1 unspecified atom stereocenters. The van der Waals surface area contributed by atoms with Crippen LogP contribution in [-0.4, -0.2) is 4.98 Å². The summed E-state index contributed by atoms with van der Waals surface area (Å²) < 4.78 is 2.37. The summed E-state index contributed by atoms with van der Waals surface area (Å²) in [6.07, 6.45) is 29.0. The Morgan fingerprint density at radius 1 is 0.680 bits per heavy atom. The fraction of sp³-hybridized carbons (Fsp3) is 0.864. The van der Waals surface area contributed by atoms with E-state index in [9.17, 15) is 0 Å². The van der Waals surface area contributed by atoms with Gasteiger partial charge in [-0.1, -0.05) is 97.3 Å². The standard InChI is InChI=1S/C22H42N2.HI/c1-3-5-6-7-8-9-10-11-12-13-14-15-16-18-22(17-4-2)24-20-19-23-21-24;/h19-22H,3-18H2,1-2H3;1H. The summed E-state index contributed by atoms with van der Waals surface area (Å²) in [7, 11) is 0. The highest BCUT2D eigenvalue weighted by atomic mass is 127. The third-order valence-electron chi connectivity index (χ3n) is 5.25. The molecular weight excluding hydrogens is 419 g/mol. The Bertz CT molecular complexity index is 351. The Morgan fingerprint density at radius 3 is 1.64 bits per heavy atom. The first kappa shape index (κ1) is 24.9. The number of unbranched alkanes of at least 4 members (excludes halogenated alkanes) is 12. The van der Waals surface area contributed by atoms with E-state index in [1.165, 1.54) is 103 Å². The zero-order valence-corrected chi connectivity index (χ0v) is 19.1. The molecule has 0 saturated carbocycles. The summed E-state index contributed by atoms with van der Waals surface area (Å²) >= 11 is 0. The summed E-state index contributed by atoms with van der Waals surface area (Å²) in [4.78, 5) is 3.18. The van der Waals surface area contributed by atoms with Crippen molar-refractivity contribution in [3.05, 3.63) is 18.7 Å². The maximum atomic E-state index is 3.18. The van der Waals surface area contributed by atoms with E-state index in [0.29, 0.717) is 6.04 Å². The van der Waals surface area contributed by atoms with E-state index < -0.39 is 0 Å². The Hall–Kier alpha value is -0.0600. The molecule has 0 aliphatic carbocycles. The van der Waals surface area contributed by atoms with Crippen molar-refractivity contribution in [3.63, 3.8) is 0 Å². The topological polar surface area (TPSA) is 19.7 Å². The van der Waals surface area contributed by atoms with Crippen molar-refractivity contribution in [1.29, 1.82) is 0 Å². The molecule has 1 N–H and O–H groups in total. The van der Waals surface area contributed by atoms with Gasteiger partial charge in [-0.25, -0.2) is 4.57 Å². The van der Waals surface area contributed by atoms with Crippen LogP contribution in [0.1, 0.15) is 123 Å². The number of hydrogen-bond acceptors (Lipinski definition) is 0. The predicted octanol–water partition coefficient (Wildman–Crippen LogP) is 4.13. The molecule has 2 nitrogen and oxygen atoms in total. The molecule has 1 aromatic rings. The molecule has 0 saturated heterocycles. The zero-order valence-electron chi connectivity index (χ0n) is 16.9. The zero-order chi connectivity index (χ0) is 17.3. The molecule has 0 aromatic carbocycles. The summed E-state index contributed by atoms with van der Waals surface area (Å²) in [6.45, 7) is 4.59. The molecule has 1 rings (SSSR count). The van der Waals surface area contributed by atoms with Crippen molar-refractivity contribution in [2.45, 2.75) is 123 Å². The number of halogens is 1. The van der Waals surface area contributed by atoms with Crippen LogP contribution in [0.15, 0.2) is 18.7 Å². The number of rotatable bonds is 17. The third-order valence-corrected chi connectivity index (χ3v) is 5.25. The largest absolute Gasteiger partial charge is 1.00 e.